The van der Waals surface area contributed by atoms with Gasteiger partial charge in [0.15, 0.2) is 0 Å². The molecule has 3 heteroatoms. The lowest BCUT2D eigenvalue weighted by atomic mass is 9.93. The number of rotatable bonds is 4. The Labute approximate surface area is 82.9 Å². The van der Waals surface area contributed by atoms with Gasteiger partial charge in [-0.2, -0.15) is 0 Å². The van der Waals surface area contributed by atoms with Gasteiger partial charge in [0, 0.05) is 5.56 Å². The number of carbonyl (C=O) groups excluding carboxylic acids is 1. The van der Waals surface area contributed by atoms with Gasteiger partial charge in [-0.25, -0.2) is 4.39 Å². The summed E-state index contributed by atoms with van der Waals surface area (Å²) >= 11 is 0. The van der Waals surface area contributed by atoms with Crippen LogP contribution in [0.2, 0.25) is 0 Å². The monoisotopic (exact) mass is 195 g/mol. The first-order valence-electron chi connectivity index (χ1n) is 4.63. The van der Waals surface area contributed by atoms with E-state index < -0.39 is 0 Å². The van der Waals surface area contributed by atoms with Gasteiger partial charge < -0.3 is 5.73 Å². The maximum atomic E-state index is 12.8. The van der Waals surface area contributed by atoms with E-state index in [9.17, 15) is 9.18 Å². The van der Waals surface area contributed by atoms with Gasteiger partial charge in [-0.05, 0) is 36.6 Å². The van der Waals surface area contributed by atoms with Crippen molar-refractivity contribution < 1.29 is 9.18 Å². The smallest absolute Gasteiger partial charge is 0.150 e. The molecule has 2 N–H and O–H groups in total. The van der Waals surface area contributed by atoms with Crippen molar-refractivity contribution in [2.24, 2.45) is 5.73 Å². The van der Waals surface area contributed by atoms with Gasteiger partial charge in [0.2, 0.25) is 0 Å². The highest BCUT2D eigenvalue weighted by Crippen LogP contribution is 2.22. The fourth-order valence-corrected chi connectivity index (χ4v) is 1.50. The van der Waals surface area contributed by atoms with Gasteiger partial charge in [0.25, 0.3) is 0 Å². The Morgan fingerprint density at radius 3 is 2.86 bits per heavy atom. The van der Waals surface area contributed by atoms with Crippen LogP contribution in [0.3, 0.4) is 0 Å². The molecule has 0 aliphatic heterocycles. The molecule has 0 saturated carbocycles. The van der Waals surface area contributed by atoms with E-state index in [4.69, 9.17) is 5.73 Å². The third kappa shape index (κ3) is 2.39. The maximum absolute atomic E-state index is 12.8. The zero-order chi connectivity index (χ0) is 10.6. The molecule has 1 rings (SSSR count). The molecular formula is C11H14FNO. The molecular weight excluding hydrogens is 181 g/mol. The highest BCUT2D eigenvalue weighted by Gasteiger charge is 2.10. The molecule has 1 unspecified atom stereocenters. The van der Waals surface area contributed by atoms with E-state index in [1.807, 2.05) is 6.92 Å². The lowest BCUT2D eigenvalue weighted by Crippen LogP contribution is -2.06. The van der Waals surface area contributed by atoms with Crippen molar-refractivity contribution in [2.45, 2.75) is 19.3 Å². The number of benzene rings is 1. The second kappa shape index (κ2) is 4.86. The van der Waals surface area contributed by atoms with Crippen molar-refractivity contribution in [3.63, 3.8) is 0 Å². The number of hydrogen-bond donors (Lipinski definition) is 1. The van der Waals surface area contributed by atoms with Gasteiger partial charge >= 0.3 is 0 Å². The third-order valence-electron chi connectivity index (χ3n) is 2.31. The minimum absolute atomic E-state index is 0.195. The summed E-state index contributed by atoms with van der Waals surface area (Å²) < 4.78 is 12.8. The summed E-state index contributed by atoms with van der Waals surface area (Å²) in [6.07, 6.45) is 1.48. The quantitative estimate of drug-likeness (QED) is 0.747. The molecule has 0 heterocycles. The molecule has 0 spiro atoms. The molecule has 1 aromatic rings. The average Bonchev–Trinajstić information content (AvgIpc) is 2.17. The summed E-state index contributed by atoms with van der Waals surface area (Å²) in [5, 5.41) is 0. The van der Waals surface area contributed by atoms with E-state index in [2.05, 4.69) is 0 Å². The Morgan fingerprint density at radius 1 is 1.57 bits per heavy atom. The first kappa shape index (κ1) is 10.9. The lowest BCUT2D eigenvalue weighted by Gasteiger charge is -2.12. The molecule has 0 saturated heterocycles. The fourth-order valence-electron chi connectivity index (χ4n) is 1.50. The molecule has 14 heavy (non-hydrogen) atoms. The highest BCUT2D eigenvalue weighted by atomic mass is 19.1. The molecule has 0 fully saturated rings. The van der Waals surface area contributed by atoms with Gasteiger partial charge in [0.1, 0.15) is 12.1 Å². The van der Waals surface area contributed by atoms with Crippen molar-refractivity contribution in [3.05, 3.63) is 35.1 Å². The minimum Gasteiger partial charge on any atom is -0.330 e. The van der Waals surface area contributed by atoms with E-state index in [-0.39, 0.29) is 11.7 Å². The van der Waals surface area contributed by atoms with Crippen molar-refractivity contribution in [2.75, 3.05) is 6.54 Å². The number of aldehydes is 1. The van der Waals surface area contributed by atoms with Gasteiger partial charge in [0.05, 0.1) is 0 Å². The second-order valence-electron chi connectivity index (χ2n) is 3.37. The van der Waals surface area contributed by atoms with Crippen molar-refractivity contribution in [1.29, 1.82) is 0 Å². The molecule has 0 aliphatic rings. The van der Waals surface area contributed by atoms with E-state index in [0.717, 1.165) is 12.0 Å². The summed E-state index contributed by atoms with van der Waals surface area (Å²) in [6, 6.07) is 4.28. The third-order valence-corrected chi connectivity index (χ3v) is 2.31. The highest BCUT2D eigenvalue weighted by molar-refractivity contribution is 5.77. The zero-order valence-corrected chi connectivity index (χ0v) is 8.16. The molecule has 0 aromatic heterocycles. The summed E-state index contributed by atoms with van der Waals surface area (Å²) in [5.41, 5.74) is 6.72. The molecule has 0 amide bonds. The normalized spacial score (nSPS) is 12.5. The van der Waals surface area contributed by atoms with Crippen LogP contribution >= 0.6 is 0 Å². The number of halogens is 1. The fraction of sp³-hybridized carbons (Fsp3) is 0.364. The van der Waals surface area contributed by atoms with Crippen LogP contribution in [0.1, 0.15) is 35.2 Å². The molecule has 0 radical (unpaired) electrons. The predicted molar refractivity (Wildman–Crippen MR) is 53.9 cm³/mol. The largest absolute Gasteiger partial charge is 0.330 e. The number of nitrogens with two attached hydrogens (primary N) is 1. The van der Waals surface area contributed by atoms with Crippen LogP contribution in [-0.2, 0) is 0 Å². The van der Waals surface area contributed by atoms with Crippen LogP contribution in [0, 0.1) is 5.82 Å². The summed E-state index contributed by atoms with van der Waals surface area (Å²) in [4.78, 5) is 10.7. The van der Waals surface area contributed by atoms with Gasteiger partial charge in [-0.3, -0.25) is 4.79 Å². The van der Waals surface area contributed by atoms with Crippen LogP contribution in [-0.4, -0.2) is 12.8 Å². The topological polar surface area (TPSA) is 43.1 Å². The van der Waals surface area contributed by atoms with Crippen LogP contribution in [0.25, 0.3) is 0 Å². The van der Waals surface area contributed by atoms with Crippen LogP contribution < -0.4 is 5.73 Å². The second-order valence-corrected chi connectivity index (χ2v) is 3.37. The van der Waals surface area contributed by atoms with E-state index in [1.54, 1.807) is 6.07 Å². The van der Waals surface area contributed by atoms with Crippen LogP contribution in [0.15, 0.2) is 18.2 Å². The van der Waals surface area contributed by atoms with E-state index in [0.29, 0.717) is 18.4 Å². The average molecular weight is 195 g/mol. The van der Waals surface area contributed by atoms with Gasteiger partial charge in [-0.15, -0.1) is 0 Å². The first-order valence-corrected chi connectivity index (χ1v) is 4.63. The summed E-state index contributed by atoms with van der Waals surface area (Å²) in [7, 11) is 0. The maximum Gasteiger partial charge on any atom is 0.150 e. The van der Waals surface area contributed by atoms with Gasteiger partial charge in [-0.1, -0.05) is 13.0 Å². The standard InChI is InChI=1S/C11H14FNO/c1-8(4-5-13)11-3-2-10(12)6-9(11)7-14/h2-3,6-8H,4-5,13H2,1H3. The van der Waals surface area contributed by atoms with Crippen LogP contribution in [0.5, 0.6) is 0 Å². The Kier molecular flexibility index (Phi) is 3.77. The summed E-state index contributed by atoms with van der Waals surface area (Å²) in [5.74, 6) is -0.184. The first-order chi connectivity index (χ1) is 6.69. The molecule has 1 atom stereocenters. The molecule has 2 nitrogen and oxygen atoms in total. The van der Waals surface area contributed by atoms with E-state index in [1.165, 1.54) is 12.1 Å². The molecule has 0 bridgehead atoms. The minimum atomic E-state index is -0.379. The Morgan fingerprint density at radius 2 is 2.29 bits per heavy atom. The lowest BCUT2D eigenvalue weighted by molar-refractivity contribution is 0.112. The Hall–Kier alpha value is -1.22. The molecule has 0 aliphatic carbocycles. The Bertz CT molecular complexity index is 325. The summed E-state index contributed by atoms with van der Waals surface area (Å²) in [6.45, 7) is 2.55. The SMILES string of the molecule is CC(CCN)c1ccc(F)cc1C=O. The number of carbonyl (C=O) groups is 1. The Balaban J connectivity index is 3.01. The predicted octanol–water partition coefficient (Wildman–Crippen LogP) is 2.09. The zero-order valence-electron chi connectivity index (χ0n) is 8.16. The van der Waals surface area contributed by atoms with Crippen molar-refractivity contribution >= 4 is 6.29 Å². The van der Waals surface area contributed by atoms with Crippen LogP contribution in [0.4, 0.5) is 4.39 Å². The molecule has 1 aromatic carbocycles. The molecule has 76 valence electrons. The van der Waals surface area contributed by atoms with Crippen molar-refractivity contribution in [3.8, 4) is 0 Å². The number of hydrogen-bond acceptors (Lipinski definition) is 2. The van der Waals surface area contributed by atoms with E-state index >= 15 is 0 Å². The van der Waals surface area contributed by atoms with Crippen molar-refractivity contribution in [1.82, 2.24) is 0 Å².